The molecule has 1 atom stereocenters. The lowest BCUT2D eigenvalue weighted by atomic mass is 10.1. The third-order valence-corrected chi connectivity index (χ3v) is 3.67. The van der Waals surface area contributed by atoms with Crippen molar-refractivity contribution in [2.24, 2.45) is 0 Å². The summed E-state index contributed by atoms with van der Waals surface area (Å²) >= 11 is 6.17. The van der Waals surface area contributed by atoms with Crippen LogP contribution in [0.15, 0.2) is 24.3 Å². The number of nitrogens with zero attached hydrogens (tertiary/aromatic N) is 1. The van der Waals surface area contributed by atoms with Crippen LogP contribution in [0, 0.1) is 0 Å². The van der Waals surface area contributed by atoms with Crippen molar-refractivity contribution in [3.8, 4) is 0 Å². The first-order chi connectivity index (χ1) is 9.59. The lowest BCUT2D eigenvalue weighted by molar-refractivity contribution is -0.160. The number of carbonyl (C=O) groups excluding carboxylic acids is 1. The quantitative estimate of drug-likeness (QED) is 0.857. The maximum atomic E-state index is 12.5. The molecule has 20 heavy (non-hydrogen) atoms. The smallest absolute Gasteiger partial charge is 0.254 e. The number of carbonyl (C=O) groups is 1. The van der Waals surface area contributed by atoms with Crippen molar-refractivity contribution in [3.63, 3.8) is 0 Å². The van der Waals surface area contributed by atoms with Crippen LogP contribution in [0.25, 0.3) is 0 Å². The molecule has 5 heteroatoms. The van der Waals surface area contributed by atoms with Crippen LogP contribution >= 0.6 is 11.6 Å². The first kappa shape index (κ1) is 15.3. The van der Waals surface area contributed by atoms with Crippen molar-refractivity contribution in [3.05, 3.63) is 34.9 Å². The molecule has 0 bridgehead atoms. The van der Waals surface area contributed by atoms with E-state index in [0.717, 1.165) is 5.56 Å². The van der Waals surface area contributed by atoms with Crippen LogP contribution in [0.4, 0.5) is 0 Å². The summed E-state index contributed by atoms with van der Waals surface area (Å²) in [6.07, 6.45) is -0.506. The van der Waals surface area contributed by atoms with Gasteiger partial charge in [-0.1, -0.05) is 29.8 Å². The lowest BCUT2D eigenvalue weighted by Gasteiger charge is -2.32. The van der Waals surface area contributed by atoms with Gasteiger partial charge in [-0.15, -0.1) is 0 Å². The van der Waals surface area contributed by atoms with Crippen LogP contribution in [0.2, 0.25) is 5.02 Å². The van der Waals surface area contributed by atoms with Gasteiger partial charge in [-0.3, -0.25) is 4.79 Å². The Kier molecular flexibility index (Phi) is 5.40. The van der Waals surface area contributed by atoms with E-state index in [0.29, 0.717) is 31.4 Å². The second-order valence-electron chi connectivity index (χ2n) is 5.09. The summed E-state index contributed by atoms with van der Waals surface area (Å²) in [5, 5.41) is 0.673. The van der Waals surface area contributed by atoms with Crippen molar-refractivity contribution in [2.45, 2.75) is 32.5 Å². The summed E-state index contributed by atoms with van der Waals surface area (Å²) in [5.74, 6) is -0.0420. The van der Waals surface area contributed by atoms with Gasteiger partial charge in [0, 0.05) is 17.6 Å². The summed E-state index contributed by atoms with van der Waals surface area (Å²) in [6.45, 7) is 5.79. The van der Waals surface area contributed by atoms with E-state index in [-0.39, 0.29) is 11.9 Å². The molecule has 1 fully saturated rings. The second-order valence-corrected chi connectivity index (χ2v) is 5.49. The van der Waals surface area contributed by atoms with E-state index in [1.165, 1.54) is 0 Å². The minimum Gasteiger partial charge on any atom is -0.376 e. The van der Waals surface area contributed by atoms with Crippen LogP contribution in [0.5, 0.6) is 0 Å². The fraction of sp³-hybridized carbons (Fsp3) is 0.533. The van der Waals surface area contributed by atoms with Crippen molar-refractivity contribution >= 4 is 17.5 Å². The number of amides is 1. The van der Waals surface area contributed by atoms with Crippen LogP contribution < -0.4 is 0 Å². The molecule has 0 spiro atoms. The summed E-state index contributed by atoms with van der Waals surface area (Å²) in [4.78, 5) is 14.3. The number of benzene rings is 1. The number of halogens is 1. The third-order valence-electron chi connectivity index (χ3n) is 3.30. The Morgan fingerprint density at radius 1 is 1.40 bits per heavy atom. The van der Waals surface area contributed by atoms with Gasteiger partial charge in [0.25, 0.3) is 5.91 Å². The van der Waals surface area contributed by atoms with E-state index in [4.69, 9.17) is 21.1 Å². The summed E-state index contributed by atoms with van der Waals surface area (Å²) in [5.41, 5.74) is 0.938. The zero-order valence-corrected chi connectivity index (χ0v) is 12.6. The first-order valence-corrected chi connectivity index (χ1v) is 7.20. The molecule has 1 unspecified atom stereocenters. The topological polar surface area (TPSA) is 38.8 Å². The Bertz CT molecular complexity index is 458. The van der Waals surface area contributed by atoms with Crippen LogP contribution in [-0.2, 0) is 20.8 Å². The molecule has 1 amide bonds. The summed E-state index contributed by atoms with van der Waals surface area (Å²) < 4.78 is 10.8. The highest BCUT2D eigenvalue weighted by molar-refractivity contribution is 6.31. The third kappa shape index (κ3) is 3.72. The molecular weight excluding hydrogens is 278 g/mol. The van der Waals surface area contributed by atoms with Crippen molar-refractivity contribution in [1.29, 1.82) is 0 Å². The maximum Gasteiger partial charge on any atom is 0.254 e. The zero-order valence-electron chi connectivity index (χ0n) is 11.8. The average Bonchev–Trinajstić information content (AvgIpc) is 2.46. The molecule has 1 aliphatic rings. The average molecular weight is 298 g/mol. The normalized spacial score (nSPS) is 19.1. The molecule has 0 saturated carbocycles. The van der Waals surface area contributed by atoms with Gasteiger partial charge in [0.1, 0.15) is 0 Å². The van der Waals surface area contributed by atoms with Gasteiger partial charge >= 0.3 is 0 Å². The SMILES string of the molecule is CC(C)N(Cc1ccccc1Cl)C(=O)C1COCCO1. The Balaban J connectivity index is 2.10. The van der Waals surface area contributed by atoms with Crippen LogP contribution in [0.1, 0.15) is 19.4 Å². The zero-order chi connectivity index (χ0) is 14.5. The van der Waals surface area contributed by atoms with Crippen LogP contribution in [-0.4, -0.2) is 42.8 Å². The van der Waals surface area contributed by atoms with E-state index in [2.05, 4.69) is 0 Å². The number of ether oxygens (including phenoxy) is 2. The molecule has 1 aliphatic heterocycles. The molecule has 1 heterocycles. The molecule has 110 valence electrons. The Labute approximate surface area is 124 Å². The Morgan fingerprint density at radius 3 is 2.75 bits per heavy atom. The highest BCUT2D eigenvalue weighted by Gasteiger charge is 2.29. The lowest BCUT2D eigenvalue weighted by Crippen LogP contribution is -2.47. The van der Waals surface area contributed by atoms with Gasteiger partial charge in [0.2, 0.25) is 0 Å². The molecule has 4 nitrogen and oxygen atoms in total. The van der Waals surface area contributed by atoms with Crippen molar-refractivity contribution in [1.82, 2.24) is 4.90 Å². The summed E-state index contributed by atoms with van der Waals surface area (Å²) in [7, 11) is 0. The fourth-order valence-electron chi connectivity index (χ4n) is 2.14. The molecular formula is C15H20ClNO3. The molecule has 0 aromatic heterocycles. The maximum absolute atomic E-state index is 12.5. The van der Waals surface area contributed by atoms with Gasteiger partial charge in [0.05, 0.1) is 19.8 Å². The number of hydrogen-bond donors (Lipinski definition) is 0. The minimum absolute atomic E-state index is 0.0420. The van der Waals surface area contributed by atoms with Gasteiger partial charge in [-0.05, 0) is 25.5 Å². The van der Waals surface area contributed by atoms with Crippen molar-refractivity contribution < 1.29 is 14.3 Å². The molecule has 0 N–H and O–H groups in total. The molecule has 1 aromatic carbocycles. The van der Waals surface area contributed by atoms with E-state index >= 15 is 0 Å². The number of rotatable bonds is 4. The summed E-state index contributed by atoms with van der Waals surface area (Å²) in [6, 6.07) is 7.64. The largest absolute Gasteiger partial charge is 0.376 e. The standard InChI is InChI=1S/C15H20ClNO3/c1-11(2)17(9-12-5-3-4-6-13(12)16)15(18)14-10-19-7-8-20-14/h3-6,11,14H,7-10H2,1-2H3. The van der Waals surface area contributed by atoms with E-state index in [1.54, 1.807) is 4.90 Å². The molecule has 2 rings (SSSR count). The second kappa shape index (κ2) is 7.07. The highest BCUT2D eigenvalue weighted by Crippen LogP contribution is 2.19. The molecule has 0 aliphatic carbocycles. The first-order valence-electron chi connectivity index (χ1n) is 6.83. The number of hydrogen-bond acceptors (Lipinski definition) is 3. The van der Waals surface area contributed by atoms with Gasteiger partial charge < -0.3 is 14.4 Å². The monoisotopic (exact) mass is 297 g/mol. The molecule has 1 aromatic rings. The molecule has 1 saturated heterocycles. The van der Waals surface area contributed by atoms with Crippen LogP contribution in [0.3, 0.4) is 0 Å². The predicted molar refractivity (Wildman–Crippen MR) is 77.7 cm³/mol. The molecule has 0 radical (unpaired) electrons. The predicted octanol–water partition coefficient (Wildman–Crippen LogP) is 2.49. The van der Waals surface area contributed by atoms with Gasteiger partial charge in [-0.2, -0.15) is 0 Å². The Morgan fingerprint density at radius 2 is 2.15 bits per heavy atom. The van der Waals surface area contributed by atoms with Gasteiger partial charge in [-0.25, -0.2) is 0 Å². The van der Waals surface area contributed by atoms with E-state index in [9.17, 15) is 4.79 Å². The van der Waals surface area contributed by atoms with Gasteiger partial charge in [0.15, 0.2) is 6.10 Å². The Hall–Kier alpha value is -1.10. The highest BCUT2D eigenvalue weighted by atomic mass is 35.5. The van der Waals surface area contributed by atoms with E-state index in [1.807, 2.05) is 38.1 Å². The van der Waals surface area contributed by atoms with E-state index < -0.39 is 6.10 Å². The fourth-order valence-corrected chi connectivity index (χ4v) is 2.34. The van der Waals surface area contributed by atoms with Crippen molar-refractivity contribution in [2.75, 3.05) is 19.8 Å². The minimum atomic E-state index is -0.506.